The summed E-state index contributed by atoms with van der Waals surface area (Å²) in [5, 5.41) is 3.65. The van der Waals surface area contributed by atoms with E-state index in [2.05, 4.69) is 51.2 Å². The van der Waals surface area contributed by atoms with Crippen molar-refractivity contribution >= 4 is 0 Å². The van der Waals surface area contributed by atoms with E-state index in [-0.39, 0.29) is 0 Å². The van der Waals surface area contributed by atoms with Crippen LogP contribution in [0.3, 0.4) is 0 Å². The monoisotopic (exact) mass is 289 g/mol. The van der Waals surface area contributed by atoms with Gasteiger partial charge in [0.25, 0.3) is 0 Å². The van der Waals surface area contributed by atoms with Gasteiger partial charge in [0.05, 0.1) is 7.11 Å². The quantitative estimate of drug-likeness (QED) is 0.755. The third-order valence-corrected chi connectivity index (χ3v) is 5.16. The number of methoxy groups -OCH3 is 1. The number of benzene rings is 1. The van der Waals surface area contributed by atoms with Crippen molar-refractivity contribution in [3.63, 3.8) is 0 Å². The molecule has 1 aliphatic rings. The van der Waals surface area contributed by atoms with E-state index in [1.54, 1.807) is 7.11 Å². The minimum Gasteiger partial charge on any atom is -0.496 e. The lowest BCUT2D eigenvalue weighted by atomic mass is 9.55. The predicted molar refractivity (Wildman–Crippen MR) is 90.1 cm³/mol. The number of rotatable bonds is 7. The van der Waals surface area contributed by atoms with Crippen LogP contribution in [-0.2, 0) is 5.41 Å². The normalized spacial score (nSPS) is 25.0. The van der Waals surface area contributed by atoms with Crippen molar-refractivity contribution in [1.29, 1.82) is 0 Å². The fourth-order valence-corrected chi connectivity index (χ4v) is 3.55. The molecule has 1 aliphatic carbocycles. The Morgan fingerprint density at radius 1 is 1.33 bits per heavy atom. The standard InChI is InChI=1S/C19H31NO/c1-6-9-20-13-19(11-16(12-19)14(2)3)17-8-7-15(4)18(10-17)21-5/h7-8,10,14,16,20H,6,9,11-13H2,1-5H3. The molecule has 0 aliphatic heterocycles. The lowest BCUT2D eigenvalue weighted by molar-refractivity contribution is 0.0976. The molecule has 21 heavy (non-hydrogen) atoms. The van der Waals surface area contributed by atoms with Crippen molar-refractivity contribution in [2.45, 2.75) is 52.4 Å². The summed E-state index contributed by atoms with van der Waals surface area (Å²) in [7, 11) is 1.77. The molecule has 1 fully saturated rings. The molecule has 0 radical (unpaired) electrons. The van der Waals surface area contributed by atoms with Crippen LogP contribution in [0.4, 0.5) is 0 Å². The zero-order chi connectivity index (χ0) is 15.5. The van der Waals surface area contributed by atoms with E-state index in [1.807, 2.05) is 0 Å². The third kappa shape index (κ3) is 3.42. The summed E-state index contributed by atoms with van der Waals surface area (Å²) in [6.45, 7) is 11.2. The second kappa shape index (κ2) is 6.83. The van der Waals surface area contributed by atoms with E-state index < -0.39 is 0 Å². The van der Waals surface area contributed by atoms with E-state index in [0.717, 1.165) is 30.7 Å². The van der Waals surface area contributed by atoms with Crippen LogP contribution in [0, 0.1) is 18.8 Å². The summed E-state index contributed by atoms with van der Waals surface area (Å²) in [6.07, 6.45) is 3.79. The Bertz CT molecular complexity index is 461. The van der Waals surface area contributed by atoms with Crippen molar-refractivity contribution < 1.29 is 4.74 Å². The molecule has 1 aromatic rings. The van der Waals surface area contributed by atoms with E-state index in [1.165, 1.54) is 30.4 Å². The summed E-state index contributed by atoms with van der Waals surface area (Å²) in [6, 6.07) is 6.78. The summed E-state index contributed by atoms with van der Waals surface area (Å²) >= 11 is 0. The Kier molecular flexibility index (Phi) is 5.32. The molecule has 0 aromatic heterocycles. The Balaban J connectivity index is 2.20. The Morgan fingerprint density at radius 3 is 2.62 bits per heavy atom. The minimum absolute atomic E-state index is 0.311. The molecule has 118 valence electrons. The first kappa shape index (κ1) is 16.4. The molecule has 2 heteroatoms. The first-order chi connectivity index (χ1) is 10.0. The van der Waals surface area contributed by atoms with Crippen LogP contribution in [-0.4, -0.2) is 20.2 Å². The topological polar surface area (TPSA) is 21.3 Å². The molecule has 0 unspecified atom stereocenters. The van der Waals surface area contributed by atoms with Gasteiger partial charge in [-0.1, -0.05) is 32.9 Å². The molecule has 0 saturated heterocycles. The lowest BCUT2D eigenvalue weighted by Crippen LogP contribution is -2.50. The van der Waals surface area contributed by atoms with Gasteiger partial charge in [0.15, 0.2) is 0 Å². The maximum Gasteiger partial charge on any atom is 0.122 e. The average Bonchev–Trinajstić information content (AvgIpc) is 2.42. The molecule has 2 nitrogen and oxygen atoms in total. The van der Waals surface area contributed by atoms with Gasteiger partial charge >= 0.3 is 0 Å². The van der Waals surface area contributed by atoms with Gasteiger partial charge in [-0.15, -0.1) is 0 Å². The fraction of sp³-hybridized carbons (Fsp3) is 0.684. The molecule has 0 atom stereocenters. The molecule has 1 saturated carbocycles. The van der Waals surface area contributed by atoms with Gasteiger partial charge in [0, 0.05) is 12.0 Å². The van der Waals surface area contributed by atoms with Gasteiger partial charge in [-0.2, -0.15) is 0 Å². The first-order valence-corrected chi connectivity index (χ1v) is 8.38. The second-order valence-electron chi connectivity index (χ2n) is 7.05. The highest BCUT2D eigenvalue weighted by Gasteiger charge is 2.46. The van der Waals surface area contributed by atoms with Crippen molar-refractivity contribution in [3.8, 4) is 5.75 Å². The van der Waals surface area contributed by atoms with Crippen LogP contribution in [0.15, 0.2) is 18.2 Å². The van der Waals surface area contributed by atoms with Gasteiger partial charge in [0.1, 0.15) is 5.75 Å². The molecular formula is C19H31NO. The average molecular weight is 289 g/mol. The number of ether oxygens (including phenoxy) is 1. The largest absolute Gasteiger partial charge is 0.496 e. The van der Waals surface area contributed by atoms with Gasteiger partial charge in [-0.25, -0.2) is 0 Å². The predicted octanol–water partition coefficient (Wildman–Crippen LogP) is 4.31. The highest BCUT2D eigenvalue weighted by Crippen LogP contribution is 2.51. The summed E-state index contributed by atoms with van der Waals surface area (Å²) in [5.41, 5.74) is 2.98. The first-order valence-electron chi connectivity index (χ1n) is 8.38. The molecule has 0 spiro atoms. The van der Waals surface area contributed by atoms with Crippen molar-refractivity contribution in [2.24, 2.45) is 11.8 Å². The molecule has 0 amide bonds. The molecule has 0 heterocycles. The van der Waals surface area contributed by atoms with Crippen LogP contribution >= 0.6 is 0 Å². The second-order valence-corrected chi connectivity index (χ2v) is 7.05. The lowest BCUT2D eigenvalue weighted by Gasteiger charge is -2.50. The summed E-state index contributed by atoms with van der Waals surface area (Å²) < 4.78 is 5.53. The van der Waals surface area contributed by atoms with Crippen LogP contribution in [0.2, 0.25) is 0 Å². The molecule has 1 aromatic carbocycles. The van der Waals surface area contributed by atoms with Gasteiger partial charge in [-0.3, -0.25) is 0 Å². The van der Waals surface area contributed by atoms with Crippen molar-refractivity contribution in [1.82, 2.24) is 5.32 Å². The molecule has 1 N–H and O–H groups in total. The van der Waals surface area contributed by atoms with Gasteiger partial charge in [0.2, 0.25) is 0 Å². The molecular weight excluding hydrogens is 258 g/mol. The number of hydrogen-bond donors (Lipinski definition) is 1. The highest BCUT2D eigenvalue weighted by molar-refractivity contribution is 5.41. The van der Waals surface area contributed by atoms with Gasteiger partial charge in [-0.05, 0) is 61.8 Å². The van der Waals surface area contributed by atoms with E-state index >= 15 is 0 Å². The molecule has 0 bridgehead atoms. The maximum atomic E-state index is 5.53. The van der Waals surface area contributed by atoms with E-state index in [4.69, 9.17) is 4.74 Å². The Hall–Kier alpha value is -1.02. The highest BCUT2D eigenvalue weighted by atomic mass is 16.5. The molecule has 2 rings (SSSR count). The number of aryl methyl sites for hydroxylation is 1. The maximum absolute atomic E-state index is 5.53. The van der Waals surface area contributed by atoms with Crippen LogP contribution in [0.1, 0.15) is 51.2 Å². The number of nitrogens with one attached hydrogen (secondary N) is 1. The third-order valence-electron chi connectivity index (χ3n) is 5.16. The zero-order valence-corrected chi connectivity index (χ0v) is 14.3. The van der Waals surface area contributed by atoms with Crippen molar-refractivity contribution in [3.05, 3.63) is 29.3 Å². The van der Waals surface area contributed by atoms with E-state index in [9.17, 15) is 0 Å². The Labute approximate surface area is 130 Å². The van der Waals surface area contributed by atoms with Crippen LogP contribution < -0.4 is 10.1 Å². The zero-order valence-electron chi connectivity index (χ0n) is 14.3. The minimum atomic E-state index is 0.311. The fourth-order valence-electron chi connectivity index (χ4n) is 3.55. The smallest absolute Gasteiger partial charge is 0.122 e. The number of hydrogen-bond acceptors (Lipinski definition) is 2. The van der Waals surface area contributed by atoms with Crippen LogP contribution in [0.25, 0.3) is 0 Å². The Morgan fingerprint density at radius 2 is 2.05 bits per heavy atom. The van der Waals surface area contributed by atoms with Crippen LogP contribution in [0.5, 0.6) is 5.75 Å². The van der Waals surface area contributed by atoms with Crippen molar-refractivity contribution in [2.75, 3.05) is 20.2 Å². The summed E-state index contributed by atoms with van der Waals surface area (Å²) in [4.78, 5) is 0. The summed E-state index contributed by atoms with van der Waals surface area (Å²) in [5.74, 6) is 2.67. The van der Waals surface area contributed by atoms with Gasteiger partial charge < -0.3 is 10.1 Å². The SMILES string of the molecule is CCCNCC1(c2ccc(C)c(OC)c2)CC(C(C)C)C1. The van der Waals surface area contributed by atoms with E-state index in [0.29, 0.717) is 5.41 Å².